The van der Waals surface area contributed by atoms with Gasteiger partial charge in [0.25, 0.3) is 0 Å². The first-order chi connectivity index (χ1) is 7.69. The van der Waals surface area contributed by atoms with Gasteiger partial charge < -0.3 is 0 Å². The van der Waals surface area contributed by atoms with Crippen LogP contribution in [0, 0.1) is 6.92 Å². The lowest BCUT2D eigenvalue weighted by atomic mass is 10.0. The van der Waals surface area contributed by atoms with Crippen molar-refractivity contribution in [1.82, 2.24) is 0 Å². The number of rotatable bonds is 4. The predicted octanol–water partition coefficient (Wildman–Crippen LogP) is 4.15. The minimum absolute atomic E-state index is 0.980. The average Bonchev–Trinajstić information content (AvgIpc) is 2.29. The normalized spacial score (nSPS) is 11.8. The smallest absolute Gasteiger partial charge is 0.0450 e. The second kappa shape index (κ2) is 5.86. The molecule has 1 heteroatoms. The van der Waals surface area contributed by atoms with Gasteiger partial charge in [-0.2, -0.15) is 0 Å². The molecule has 16 heavy (non-hydrogen) atoms. The summed E-state index contributed by atoms with van der Waals surface area (Å²) in [4.78, 5) is 4.34. The van der Waals surface area contributed by atoms with Gasteiger partial charge in [-0.1, -0.05) is 49.1 Å². The minimum Gasteiger partial charge on any atom is -0.261 e. The molecule has 0 aliphatic rings. The molecule has 0 atom stereocenters. The summed E-state index contributed by atoms with van der Waals surface area (Å²) in [6.45, 7) is 11.5. The van der Waals surface area contributed by atoms with Gasteiger partial charge in [-0.05, 0) is 25.5 Å². The molecule has 0 fully saturated rings. The van der Waals surface area contributed by atoms with Crippen LogP contribution in [-0.4, -0.2) is 5.71 Å². The molecule has 0 radical (unpaired) electrons. The third-order valence-corrected chi connectivity index (χ3v) is 2.31. The molecule has 0 saturated heterocycles. The molecule has 0 N–H and O–H groups in total. The maximum atomic E-state index is 4.34. The van der Waals surface area contributed by atoms with E-state index in [-0.39, 0.29) is 0 Å². The van der Waals surface area contributed by atoms with E-state index in [0.717, 1.165) is 16.8 Å². The Morgan fingerprint density at radius 2 is 2.06 bits per heavy atom. The summed E-state index contributed by atoms with van der Waals surface area (Å²) in [5.74, 6) is 0. The molecule has 1 aromatic carbocycles. The highest BCUT2D eigenvalue weighted by molar-refractivity contribution is 6.02. The van der Waals surface area contributed by atoms with Crippen LogP contribution in [0.5, 0.6) is 0 Å². The van der Waals surface area contributed by atoms with E-state index < -0.39 is 0 Å². The van der Waals surface area contributed by atoms with Crippen LogP contribution in [0.1, 0.15) is 23.6 Å². The molecule has 0 heterocycles. The van der Waals surface area contributed by atoms with E-state index in [1.54, 1.807) is 12.3 Å². The Labute approximate surface area is 97.5 Å². The Bertz CT molecular complexity index is 451. The lowest BCUT2D eigenvalue weighted by Gasteiger charge is -2.06. The first-order valence-electron chi connectivity index (χ1n) is 5.24. The van der Waals surface area contributed by atoms with Crippen LogP contribution in [0.15, 0.2) is 54.7 Å². The molecule has 1 aromatic rings. The number of aryl methyl sites for hydroxylation is 1. The first-order valence-corrected chi connectivity index (χ1v) is 5.24. The molecule has 1 rings (SSSR count). The molecule has 0 spiro atoms. The van der Waals surface area contributed by atoms with Gasteiger partial charge >= 0.3 is 0 Å². The van der Waals surface area contributed by atoms with Crippen LogP contribution >= 0.6 is 0 Å². The van der Waals surface area contributed by atoms with Gasteiger partial charge in [0.05, 0.1) is 0 Å². The van der Waals surface area contributed by atoms with E-state index in [1.165, 1.54) is 5.56 Å². The van der Waals surface area contributed by atoms with E-state index in [4.69, 9.17) is 0 Å². The highest BCUT2D eigenvalue weighted by Crippen LogP contribution is 2.14. The molecule has 0 amide bonds. The topological polar surface area (TPSA) is 12.4 Å². The summed E-state index contributed by atoms with van der Waals surface area (Å²) < 4.78 is 0. The van der Waals surface area contributed by atoms with Crippen LogP contribution in [-0.2, 0) is 0 Å². The third kappa shape index (κ3) is 3.06. The lowest BCUT2D eigenvalue weighted by molar-refractivity contribution is 1.42. The molecule has 0 bridgehead atoms. The quantitative estimate of drug-likeness (QED) is 0.524. The Balaban J connectivity index is 3.12. The van der Waals surface area contributed by atoms with Gasteiger partial charge in [-0.3, -0.25) is 4.99 Å². The van der Waals surface area contributed by atoms with Gasteiger partial charge in [0.15, 0.2) is 0 Å². The van der Waals surface area contributed by atoms with Crippen LogP contribution in [0.25, 0.3) is 6.08 Å². The lowest BCUT2D eigenvalue weighted by Crippen LogP contribution is -1.97. The minimum atomic E-state index is 0.980. The second-order valence-corrected chi connectivity index (χ2v) is 3.59. The summed E-state index contributed by atoms with van der Waals surface area (Å²) >= 11 is 0. The van der Waals surface area contributed by atoms with Crippen molar-refractivity contribution in [3.8, 4) is 0 Å². The SMILES string of the molecule is C=C/C=C\N=C(C)c1ccc(C)cc1C=C. The first kappa shape index (κ1) is 12.2. The van der Waals surface area contributed by atoms with Crippen molar-refractivity contribution in [1.29, 1.82) is 0 Å². The van der Waals surface area contributed by atoms with Crippen molar-refractivity contribution < 1.29 is 0 Å². The van der Waals surface area contributed by atoms with Gasteiger partial charge in [0.1, 0.15) is 0 Å². The molecular formula is C15H17N. The van der Waals surface area contributed by atoms with Crippen molar-refractivity contribution in [3.63, 3.8) is 0 Å². The number of aliphatic imine (C=N–C) groups is 1. The Morgan fingerprint density at radius 3 is 2.69 bits per heavy atom. The Hall–Kier alpha value is -1.89. The zero-order valence-electron chi connectivity index (χ0n) is 9.90. The monoisotopic (exact) mass is 211 g/mol. The Morgan fingerprint density at radius 1 is 1.31 bits per heavy atom. The van der Waals surface area contributed by atoms with Crippen molar-refractivity contribution in [2.24, 2.45) is 4.99 Å². The van der Waals surface area contributed by atoms with Crippen molar-refractivity contribution >= 4 is 11.8 Å². The van der Waals surface area contributed by atoms with E-state index in [9.17, 15) is 0 Å². The van der Waals surface area contributed by atoms with Gasteiger partial charge in [-0.25, -0.2) is 0 Å². The molecular weight excluding hydrogens is 194 g/mol. The largest absolute Gasteiger partial charge is 0.261 e. The van der Waals surface area contributed by atoms with Gasteiger partial charge in [0.2, 0.25) is 0 Å². The van der Waals surface area contributed by atoms with E-state index in [2.05, 4.69) is 43.3 Å². The maximum absolute atomic E-state index is 4.34. The standard InChI is InChI=1S/C15H17N/c1-5-7-10-16-13(4)15-9-8-12(3)11-14(15)6-2/h5-11H,1-2H2,3-4H3/b10-7-,16-13?. The summed E-state index contributed by atoms with van der Waals surface area (Å²) in [5, 5.41) is 0. The second-order valence-electron chi connectivity index (χ2n) is 3.59. The fourth-order valence-electron chi connectivity index (χ4n) is 1.47. The molecule has 0 aliphatic heterocycles. The van der Waals surface area contributed by atoms with Crippen LogP contribution in [0.3, 0.4) is 0 Å². The summed E-state index contributed by atoms with van der Waals surface area (Å²) in [7, 11) is 0. The summed E-state index contributed by atoms with van der Waals surface area (Å²) in [6.07, 6.45) is 7.12. The van der Waals surface area contributed by atoms with Crippen molar-refractivity contribution in [2.45, 2.75) is 13.8 Å². The van der Waals surface area contributed by atoms with Gasteiger partial charge in [0, 0.05) is 17.5 Å². The highest BCUT2D eigenvalue weighted by Gasteiger charge is 2.02. The Kier molecular flexibility index (Phi) is 4.46. The van der Waals surface area contributed by atoms with E-state index in [0.29, 0.717) is 0 Å². The number of nitrogens with zero attached hydrogens (tertiary/aromatic N) is 1. The molecule has 0 unspecified atom stereocenters. The van der Waals surface area contributed by atoms with E-state index >= 15 is 0 Å². The molecule has 82 valence electrons. The summed E-state index contributed by atoms with van der Waals surface area (Å²) in [6, 6.07) is 6.27. The third-order valence-electron chi connectivity index (χ3n) is 2.31. The predicted molar refractivity (Wildman–Crippen MR) is 72.8 cm³/mol. The molecule has 0 aliphatic carbocycles. The number of allylic oxidation sites excluding steroid dienone is 2. The zero-order chi connectivity index (χ0) is 12.0. The molecule has 0 saturated carbocycles. The molecule has 1 nitrogen and oxygen atoms in total. The van der Waals surface area contributed by atoms with Crippen molar-refractivity contribution in [3.05, 3.63) is 66.4 Å². The summed E-state index contributed by atoms with van der Waals surface area (Å²) in [5.41, 5.74) is 4.45. The average molecular weight is 211 g/mol. The van der Waals surface area contributed by atoms with Crippen LogP contribution < -0.4 is 0 Å². The number of hydrogen-bond donors (Lipinski definition) is 0. The fraction of sp³-hybridized carbons (Fsp3) is 0.133. The maximum Gasteiger partial charge on any atom is 0.0450 e. The van der Waals surface area contributed by atoms with Gasteiger partial charge in [-0.15, -0.1) is 0 Å². The van der Waals surface area contributed by atoms with Crippen LogP contribution in [0.4, 0.5) is 0 Å². The van der Waals surface area contributed by atoms with Crippen molar-refractivity contribution in [2.75, 3.05) is 0 Å². The van der Waals surface area contributed by atoms with Crippen LogP contribution in [0.2, 0.25) is 0 Å². The number of hydrogen-bond acceptors (Lipinski definition) is 1. The number of benzene rings is 1. The zero-order valence-corrected chi connectivity index (χ0v) is 9.90. The molecule has 0 aromatic heterocycles. The van der Waals surface area contributed by atoms with E-state index in [1.807, 2.05) is 19.1 Å². The fourth-order valence-corrected chi connectivity index (χ4v) is 1.47. The highest BCUT2D eigenvalue weighted by atomic mass is 14.7.